The predicted molar refractivity (Wildman–Crippen MR) is 35.0 cm³/mol. The van der Waals surface area contributed by atoms with Crippen LogP contribution in [0.4, 0.5) is 0 Å². The Morgan fingerprint density at radius 3 is 2.67 bits per heavy atom. The standard InChI is InChI=1S/C7H9N2/c1-6(2)7-4-3-5-8-9-7/h4-6H,1-2H3. The molecule has 0 saturated carbocycles. The Labute approximate surface area is 54.9 Å². The predicted octanol–water partition coefficient (Wildman–Crippen LogP) is 1.40. The Morgan fingerprint density at radius 1 is 1.56 bits per heavy atom. The van der Waals surface area contributed by atoms with Crippen molar-refractivity contribution in [2.75, 3.05) is 0 Å². The molecule has 1 radical (unpaired) electrons. The highest BCUT2D eigenvalue weighted by molar-refractivity contribution is 5.01. The van der Waals surface area contributed by atoms with E-state index in [0.29, 0.717) is 5.92 Å². The third kappa shape index (κ3) is 1.49. The van der Waals surface area contributed by atoms with Crippen LogP contribution in [0.5, 0.6) is 0 Å². The van der Waals surface area contributed by atoms with Crippen LogP contribution in [-0.4, -0.2) is 10.2 Å². The molecule has 0 saturated heterocycles. The highest BCUT2D eigenvalue weighted by Gasteiger charge is 1.96. The van der Waals surface area contributed by atoms with Crippen LogP contribution in [0.1, 0.15) is 25.5 Å². The minimum absolute atomic E-state index is 0.454. The van der Waals surface area contributed by atoms with Crippen molar-refractivity contribution in [2.24, 2.45) is 0 Å². The fourth-order valence-electron chi connectivity index (χ4n) is 0.563. The number of nitrogens with zero attached hydrogens (tertiary/aromatic N) is 2. The molecule has 1 aromatic rings. The molecular weight excluding hydrogens is 112 g/mol. The van der Waals surface area contributed by atoms with Gasteiger partial charge in [0.1, 0.15) is 0 Å². The quantitative estimate of drug-likeness (QED) is 0.561. The highest BCUT2D eigenvalue weighted by Crippen LogP contribution is 2.06. The van der Waals surface area contributed by atoms with Gasteiger partial charge in [0, 0.05) is 6.07 Å². The first-order chi connectivity index (χ1) is 4.30. The molecule has 9 heavy (non-hydrogen) atoms. The van der Waals surface area contributed by atoms with E-state index < -0.39 is 0 Å². The van der Waals surface area contributed by atoms with Crippen molar-refractivity contribution in [1.82, 2.24) is 10.2 Å². The molecule has 1 aromatic heterocycles. The van der Waals surface area contributed by atoms with Crippen molar-refractivity contribution in [3.8, 4) is 0 Å². The van der Waals surface area contributed by atoms with Gasteiger partial charge in [-0.05, 0) is 12.0 Å². The van der Waals surface area contributed by atoms with Crippen molar-refractivity contribution >= 4 is 0 Å². The van der Waals surface area contributed by atoms with Crippen molar-refractivity contribution in [1.29, 1.82) is 0 Å². The first-order valence-electron chi connectivity index (χ1n) is 2.99. The Balaban J connectivity index is 2.85. The number of aromatic nitrogens is 2. The summed E-state index contributed by atoms with van der Waals surface area (Å²) in [6.45, 7) is 4.16. The van der Waals surface area contributed by atoms with Gasteiger partial charge in [0.25, 0.3) is 0 Å². The van der Waals surface area contributed by atoms with Crippen LogP contribution in [-0.2, 0) is 0 Å². The molecule has 2 heteroatoms. The van der Waals surface area contributed by atoms with Crippen molar-refractivity contribution in [3.05, 3.63) is 24.0 Å². The van der Waals surface area contributed by atoms with Crippen LogP contribution in [0.15, 0.2) is 12.3 Å². The summed E-state index contributed by atoms with van der Waals surface area (Å²) in [5.41, 5.74) is 0.998. The molecule has 0 fully saturated rings. The SMILES string of the molecule is CC(C)c1c[c]cnn1. The Bertz CT molecular complexity index is 170. The van der Waals surface area contributed by atoms with Crippen molar-refractivity contribution < 1.29 is 0 Å². The summed E-state index contributed by atoms with van der Waals surface area (Å²) >= 11 is 0. The fraction of sp³-hybridized carbons (Fsp3) is 0.429. The average molecular weight is 121 g/mol. The maximum absolute atomic E-state index is 3.90. The number of hydrogen-bond donors (Lipinski definition) is 0. The average Bonchev–Trinajstić information content (AvgIpc) is 1.90. The minimum atomic E-state index is 0.454. The van der Waals surface area contributed by atoms with Gasteiger partial charge in [-0.1, -0.05) is 13.8 Å². The molecule has 0 spiro atoms. The molecule has 1 rings (SSSR count). The van der Waals surface area contributed by atoms with Crippen LogP contribution >= 0.6 is 0 Å². The topological polar surface area (TPSA) is 25.8 Å². The van der Waals surface area contributed by atoms with Gasteiger partial charge >= 0.3 is 0 Å². The lowest BCUT2D eigenvalue weighted by atomic mass is 10.1. The van der Waals surface area contributed by atoms with Gasteiger partial charge in [0.05, 0.1) is 11.9 Å². The highest BCUT2D eigenvalue weighted by atomic mass is 15.1. The zero-order valence-electron chi connectivity index (χ0n) is 5.63. The van der Waals surface area contributed by atoms with Gasteiger partial charge in [-0.15, -0.1) is 0 Å². The van der Waals surface area contributed by atoms with E-state index in [2.05, 4.69) is 30.1 Å². The van der Waals surface area contributed by atoms with E-state index in [4.69, 9.17) is 0 Å². The maximum atomic E-state index is 3.90. The Kier molecular flexibility index (Phi) is 1.78. The lowest BCUT2D eigenvalue weighted by Crippen LogP contribution is -1.92. The second-order valence-corrected chi connectivity index (χ2v) is 2.24. The molecule has 0 aromatic carbocycles. The molecule has 2 nitrogen and oxygen atoms in total. The normalized spacial score (nSPS) is 10.1. The molecule has 0 aliphatic heterocycles. The second-order valence-electron chi connectivity index (χ2n) is 2.24. The fourth-order valence-corrected chi connectivity index (χ4v) is 0.563. The smallest absolute Gasteiger partial charge is 0.0662 e. The zero-order valence-corrected chi connectivity index (χ0v) is 5.63. The summed E-state index contributed by atoms with van der Waals surface area (Å²) in [4.78, 5) is 0. The summed E-state index contributed by atoms with van der Waals surface area (Å²) in [6.07, 6.45) is 1.56. The summed E-state index contributed by atoms with van der Waals surface area (Å²) in [5.74, 6) is 0.454. The van der Waals surface area contributed by atoms with Crippen LogP contribution in [0, 0.1) is 6.07 Å². The first-order valence-corrected chi connectivity index (χ1v) is 2.99. The van der Waals surface area contributed by atoms with Gasteiger partial charge in [0.2, 0.25) is 0 Å². The molecule has 0 unspecified atom stereocenters. The van der Waals surface area contributed by atoms with E-state index in [1.807, 2.05) is 6.07 Å². The third-order valence-electron chi connectivity index (χ3n) is 1.13. The minimum Gasteiger partial charge on any atom is -0.158 e. The lowest BCUT2D eigenvalue weighted by molar-refractivity contribution is 0.784. The molecule has 0 aliphatic rings. The Hall–Kier alpha value is -0.920. The molecule has 0 N–H and O–H groups in total. The molecular formula is C7H9N2. The second kappa shape index (κ2) is 2.58. The zero-order chi connectivity index (χ0) is 6.69. The van der Waals surface area contributed by atoms with Crippen LogP contribution < -0.4 is 0 Å². The van der Waals surface area contributed by atoms with Gasteiger partial charge in [-0.3, -0.25) is 0 Å². The molecule has 47 valence electrons. The molecule has 0 amide bonds. The summed E-state index contributed by atoms with van der Waals surface area (Å²) in [6, 6.07) is 4.73. The third-order valence-corrected chi connectivity index (χ3v) is 1.13. The summed E-state index contributed by atoms with van der Waals surface area (Å²) in [5, 5.41) is 7.60. The van der Waals surface area contributed by atoms with E-state index in [1.54, 1.807) is 6.20 Å². The van der Waals surface area contributed by atoms with E-state index in [1.165, 1.54) is 0 Å². The number of hydrogen-bond acceptors (Lipinski definition) is 2. The largest absolute Gasteiger partial charge is 0.158 e. The van der Waals surface area contributed by atoms with Crippen LogP contribution in [0.25, 0.3) is 0 Å². The van der Waals surface area contributed by atoms with E-state index in [9.17, 15) is 0 Å². The molecule has 0 aliphatic carbocycles. The van der Waals surface area contributed by atoms with Crippen LogP contribution in [0.3, 0.4) is 0 Å². The maximum Gasteiger partial charge on any atom is 0.0662 e. The van der Waals surface area contributed by atoms with Gasteiger partial charge in [-0.25, -0.2) is 0 Å². The van der Waals surface area contributed by atoms with Crippen molar-refractivity contribution in [3.63, 3.8) is 0 Å². The molecule has 0 atom stereocenters. The molecule has 1 heterocycles. The summed E-state index contributed by atoms with van der Waals surface area (Å²) < 4.78 is 0. The van der Waals surface area contributed by atoms with E-state index in [-0.39, 0.29) is 0 Å². The van der Waals surface area contributed by atoms with Crippen LogP contribution in [0.2, 0.25) is 0 Å². The van der Waals surface area contributed by atoms with Gasteiger partial charge in [0.15, 0.2) is 0 Å². The first kappa shape index (κ1) is 6.20. The summed E-state index contributed by atoms with van der Waals surface area (Å²) in [7, 11) is 0. The van der Waals surface area contributed by atoms with E-state index in [0.717, 1.165) is 5.69 Å². The lowest BCUT2D eigenvalue weighted by Gasteiger charge is -1.98. The molecule has 0 bridgehead atoms. The monoisotopic (exact) mass is 121 g/mol. The Morgan fingerprint density at radius 2 is 2.33 bits per heavy atom. The number of rotatable bonds is 1. The van der Waals surface area contributed by atoms with Gasteiger partial charge in [-0.2, -0.15) is 10.2 Å². The van der Waals surface area contributed by atoms with Crippen molar-refractivity contribution in [2.45, 2.75) is 19.8 Å². The van der Waals surface area contributed by atoms with Gasteiger partial charge < -0.3 is 0 Å². The van der Waals surface area contributed by atoms with E-state index >= 15 is 0 Å².